The number of nitrogens with zero attached hydrogens (tertiary/aromatic N) is 3. The van der Waals surface area contributed by atoms with Crippen molar-refractivity contribution < 1.29 is 14.3 Å². The molecule has 6 nitrogen and oxygen atoms in total. The van der Waals surface area contributed by atoms with Crippen LogP contribution < -0.4 is 5.73 Å². The van der Waals surface area contributed by atoms with Crippen LogP contribution in [0.5, 0.6) is 0 Å². The number of hydrogen-bond acceptors (Lipinski definition) is 4. The van der Waals surface area contributed by atoms with E-state index in [1.807, 2.05) is 6.07 Å². The molecule has 1 aromatic heterocycles. The Labute approximate surface area is 149 Å². The summed E-state index contributed by atoms with van der Waals surface area (Å²) in [4.78, 5) is 16.4. The fourth-order valence-electron chi connectivity index (χ4n) is 3.03. The Morgan fingerprint density at radius 2 is 1.92 bits per heavy atom. The van der Waals surface area contributed by atoms with Crippen molar-refractivity contribution in [3.63, 3.8) is 0 Å². The van der Waals surface area contributed by atoms with Crippen molar-refractivity contribution in [2.24, 2.45) is 5.73 Å². The molecular formula is C19H17FN4O2. The first kappa shape index (κ1) is 16.4. The van der Waals surface area contributed by atoms with Crippen LogP contribution in [-0.4, -0.2) is 25.8 Å². The van der Waals surface area contributed by atoms with Gasteiger partial charge in [-0.1, -0.05) is 36.4 Å². The molecule has 3 aromatic rings. The third-order valence-corrected chi connectivity index (χ3v) is 4.69. The van der Waals surface area contributed by atoms with Crippen LogP contribution in [0, 0.1) is 5.82 Å². The molecule has 3 N–H and O–H groups in total. The average molecular weight is 352 g/mol. The van der Waals surface area contributed by atoms with E-state index in [0.29, 0.717) is 29.9 Å². The summed E-state index contributed by atoms with van der Waals surface area (Å²) in [5, 5.41) is 15.0. The number of aliphatic hydroxyl groups is 1. The van der Waals surface area contributed by atoms with Crippen molar-refractivity contribution in [2.45, 2.75) is 24.4 Å². The maximum absolute atomic E-state index is 13.7. The van der Waals surface area contributed by atoms with Crippen LogP contribution in [0.4, 0.5) is 4.39 Å². The third kappa shape index (κ3) is 2.66. The second kappa shape index (κ2) is 6.03. The molecule has 1 fully saturated rings. The lowest BCUT2D eigenvalue weighted by atomic mass is 10.1. The predicted octanol–water partition coefficient (Wildman–Crippen LogP) is 2.00. The second-order valence-electron chi connectivity index (χ2n) is 6.44. The minimum atomic E-state index is -1.06. The number of aromatic nitrogens is 3. The fourth-order valence-corrected chi connectivity index (χ4v) is 3.03. The Bertz CT molecular complexity index is 967. The van der Waals surface area contributed by atoms with E-state index in [1.165, 1.54) is 16.8 Å². The molecule has 0 saturated heterocycles. The van der Waals surface area contributed by atoms with Crippen molar-refractivity contribution in [1.29, 1.82) is 0 Å². The molecule has 2 aromatic carbocycles. The fraction of sp³-hybridized carbons (Fsp3) is 0.211. The van der Waals surface area contributed by atoms with Gasteiger partial charge < -0.3 is 10.8 Å². The van der Waals surface area contributed by atoms with Gasteiger partial charge in [0.1, 0.15) is 23.2 Å². The van der Waals surface area contributed by atoms with E-state index in [9.17, 15) is 14.3 Å². The lowest BCUT2D eigenvalue weighted by molar-refractivity contribution is -0.120. The lowest BCUT2D eigenvalue weighted by Gasteiger charge is -2.12. The van der Waals surface area contributed by atoms with E-state index in [4.69, 9.17) is 5.73 Å². The Morgan fingerprint density at radius 3 is 2.54 bits per heavy atom. The molecule has 1 aliphatic carbocycles. The molecule has 1 aliphatic rings. The maximum Gasteiger partial charge on any atom is 0.231 e. The molecule has 1 amide bonds. The minimum absolute atomic E-state index is 0.142. The highest BCUT2D eigenvalue weighted by molar-refractivity contribution is 5.89. The predicted molar refractivity (Wildman–Crippen MR) is 91.9 cm³/mol. The molecule has 1 unspecified atom stereocenters. The number of halogens is 1. The summed E-state index contributed by atoms with van der Waals surface area (Å²) in [6, 6.07) is 14.8. The van der Waals surface area contributed by atoms with E-state index < -0.39 is 23.2 Å². The van der Waals surface area contributed by atoms with Crippen LogP contribution >= 0.6 is 0 Å². The monoisotopic (exact) mass is 352 g/mol. The molecule has 4 rings (SSSR count). The van der Waals surface area contributed by atoms with Gasteiger partial charge in [-0.15, -0.1) is 5.10 Å². The molecule has 132 valence electrons. The normalized spacial score (nSPS) is 16.2. The molecule has 0 bridgehead atoms. The van der Waals surface area contributed by atoms with Gasteiger partial charge in [-0.25, -0.2) is 14.1 Å². The SMILES string of the molecule is NC(=O)C1(c2nc(C(O)c3ccccc3)nn2-c2cccc(F)c2)CC1. The minimum Gasteiger partial charge on any atom is -0.380 e. The summed E-state index contributed by atoms with van der Waals surface area (Å²) in [5.41, 5.74) is 5.71. The first-order valence-electron chi connectivity index (χ1n) is 8.27. The van der Waals surface area contributed by atoms with E-state index >= 15 is 0 Å². The molecule has 0 aliphatic heterocycles. The number of primary amides is 1. The average Bonchev–Trinajstić information content (AvgIpc) is 3.34. The van der Waals surface area contributed by atoms with Gasteiger partial charge in [-0.3, -0.25) is 4.79 Å². The highest BCUT2D eigenvalue weighted by Gasteiger charge is 2.54. The van der Waals surface area contributed by atoms with Gasteiger partial charge in [0.2, 0.25) is 5.91 Å². The van der Waals surface area contributed by atoms with Crippen molar-refractivity contribution in [2.75, 3.05) is 0 Å². The van der Waals surface area contributed by atoms with Crippen molar-refractivity contribution >= 4 is 5.91 Å². The zero-order valence-electron chi connectivity index (χ0n) is 13.8. The quantitative estimate of drug-likeness (QED) is 0.734. The molecule has 1 atom stereocenters. The van der Waals surface area contributed by atoms with Gasteiger partial charge in [0, 0.05) is 0 Å². The Morgan fingerprint density at radius 1 is 1.19 bits per heavy atom. The van der Waals surface area contributed by atoms with Gasteiger partial charge in [0.25, 0.3) is 0 Å². The first-order chi connectivity index (χ1) is 12.5. The number of carbonyl (C=O) groups excluding carboxylic acids is 1. The Hall–Kier alpha value is -3.06. The van der Waals surface area contributed by atoms with Gasteiger partial charge in [0.05, 0.1) is 5.69 Å². The molecule has 1 saturated carbocycles. The molecule has 7 heteroatoms. The van der Waals surface area contributed by atoms with Crippen LogP contribution in [0.1, 0.15) is 36.2 Å². The summed E-state index contributed by atoms with van der Waals surface area (Å²) in [6.45, 7) is 0. The number of rotatable bonds is 5. The molecule has 1 heterocycles. The standard InChI is InChI=1S/C19H17FN4O2/c20-13-7-4-8-14(11-13)24-18(19(9-10-19)17(21)26)22-16(23-24)15(25)12-5-2-1-3-6-12/h1-8,11,15,25H,9-10H2,(H2,21,26). The zero-order chi connectivity index (χ0) is 18.3. The Balaban J connectivity index is 1.85. The summed E-state index contributed by atoms with van der Waals surface area (Å²) >= 11 is 0. The van der Waals surface area contributed by atoms with Crippen molar-refractivity contribution in [3.8, 4) is 5.69 Å². The number of amides is 1. The first-order valence-corrected chi connectivity index (χ1v) is 8.27. The van der Waals surface area contributed by atoms with Crippen molar-refractivity contribution in [1.82, 2.24) is 14.8 Å². The highest BCUT2D eigenvalue weighted by Crippen LogP contribution is 2.47. The number of carbonyl (C=O) groups is 1. The van der Waals surface area contributed by atoms with Crippen LogP contribution in [0.25, 0.3) is 5.69 Å². The van der Waals surface area contributed by atoms with Crippen LogP contribution in [-0.2, 0) is 10.2 Å². The number of benzene rings is 2. The maximum atomic E-state index is 13.7. The van der Waals surface area contributed by atoms with Gasteiger partial charge in [-0.2, -0.15) is 0 Å². The van der Waals surface area contributed by atoms with E-state index in [2.05, 4.69) is 10.1 Å². The van der Waals surface area contributed by atoms with Gasteiger partial charge in [0.15, 0.2) is 5.82 Å². The summed E-state index contributed by atoms with van der Waals surface area (Å²) < 4.78 is 15.1. The van der Waals surface area contributed by atoms with Gasteiger partial charge >= 0.3 is 0 Å². The van der Waals surface area contributed by atoms with Crippen LogP contribution in [0.15, 0.2) is 54.6 Å². The zero-order valence-corrected chi connectivity index (χ0v) is 13.8. The largest absolute Gasteiger partial charge is 0.380 e. The molecule has 0 spiro atoms. The number of aliphatic hydroxyl groups excluding tert-OH is 1. The molecule has 0 radical (unpaired) electrons. The summed E-state index contributed by atoms with van der Waals surface area (Å²) in [6.07, 6.45) is 0.0440. The molecule has 26 heavy (non-hydrogen) atoms. The van der Waals surface area contributed by atoms with Gasteiger partial charge in [-0.05, 0) is 36.6 Å². The lowest BCUT2D eigenvalue weighted by Crippen LogP contribution is -2.31. The second-order valence-corrected chi connectivity index (χ2v) is 6.44. The van der Waals surface area contributed by atoms with Crippen LogP contribution in [0.3, 0.4) is 0 Å². The van der Waals surface area contributed by atoms with Crippen molar-refractivity contribution in [3.05, 3.63) is 77.6 Å². The molecular weight excluding hydrogens is 335 g/mol. The van der Waals surface area contributed by atoms with E-state index in [1.54, 1.807) is 36.4 Å². The summed E-state index contributed by atoms with van der Waals surface area (Å²) in [5.74, 6) is -0.454. The smallest absolute Gasteiger partial charge is 0.231 e. The summed E-state index contributed by atoms with van der Waals surface area (Å²) in [7, 11) is 0. The highest BCUT2D eigenvalue weighted by atomic mass is 19.1. The third-order valence-electron chi connectivity index (χ3n) is 4.69. The van der Waals surface area contributed by atoms with E-state index in [-0.39, 0.29) is 5.82 Å². The van der Waals surface area contributed by atoms with Crippen LogP contribution in [0.2, 0.25) is 0 Å². The number of hydrogen-bond donors (Lipinski definition) is 2. The topological polar surface area (TPSA) is 94.0 Å². The Kier molecular flexibility index (Phi) is 3.81. The van der Waals surface area contributed by atoms with E-state index in [0.717, 1.165) is 0 Å². The number of nitrogens with two attached hydrogens (primary N) is 1.